The van der Waals surface area contributed by atoms with Crippen molar-refractivity contribution in [2.45, 2.75) is 13.0 Å². The number of fused-ring (bicyclic) bond motifs is 1. The number of nitrogens with zero attached hydrogens (tertiary/aromatic N) is 1. The largest absolute Gasteiger partial charge is 0.507 e. The van der Waals surface area contributed by atoms with Crippen LogP contribution in [0.15, 0.2) is 48.0 Å². The van der Waals surface area contributed by atoms with Crippen LogP contribution in [0.4, 0.5) is 0 Å². The molecule has 2 aliphatic heterocycles. The molecule has 0 radical (unpaired) electrons. The lowest BCUT2D eigenvalue weighted by Gasteiger charge is -2.26. The molecule has 1 amide bonds. The van der Waals surface area contributed by atoms with Gasteiger partial charge in [0, 0.05) is 5.56 Å². The Hall–Kier alpha value is -3.32. The molecule has 0 aliphatic carbocycles. The summed E-state index contributed by atoms with van der Waals surface area (Å²) < 4.78 is 11.2. The van der Waals surface area contributed by atoms with Crippen LogP contribution in [0.5, 0.6) is 11.5 Å². The first kappa shape index (κ1) is 20.9. The van der Waals surface area contributed by atoms with Crippen molar-refractivity contribution < 1.29 is 29.1 Å². The van der Waals surface area contributed by atoms with Crippen LogP contribution >= 0.6 is 0 Å². The summed E-state index contributed by atoms with van der Waals surface area (Å²) >= 11 is 0. The van der Waals surface area contributed by atoms with Crippen LogP contribution in [0.1, 0.15) is 22.7 Å². The van der Waals surface area contributed by atoms with Gasteiger partial charge in [-0.15, -0.1) is 0 Å². The molecule has 2 aromatic rings. The summed E-state index contributed by atoms with van der Waals surface area (Å²) in [7, 11) is 3.99. The predicted molar refractivity (Wildman–Crippen MR) is 115 cm³/mol. The number of rotatable bonds is 5. The maximum Gasteiger partial charge on any atom is 0.295 e. The van der Waals surface area contributed by atoms with E-state index < -0.39 is 17.7 Å². The number of likely N-dealkylation sites (tertiary alicyclic amines) is 1. The number of amides is 1. The van der Waals surface area contributed by atoms with Gasteiger partial charge < -0.3 is 24.4 Å². The summed E-state index contributed by atoms with van der Waals surface area (Å²) in [6.45, 7) is 3.94. The Bertz CT molecular complexity index is 1040. The molecule has 1 atom stereocenters. The average molecular weight is 423 g/mol. The smallest absolute Gasteiger partial charge is 0.295 e. The topological polar surface area (TPSA) is 80.5 Å². The maximum absolute atomic E-state index is 13.0. The first-order valence-corrected chi connectivity index (χ1v) is 10.4. The SMILES string of the molecule is Cc1ccc([C@@H]2C(=C(O)c3ccc4c(c3)OCCO4)C(=O)C(=O)N2CC[NH+](C)C)cc1. The van der Waals surface area contributed by atoms with E-state index in [2.05, 4.69) is 0 Å². The second-order valence-corrected chi connectivity index (χ2v) is 8.22. The van der Waals surface area contributed by atoms with Crippen LogP contribution in [0.2, 0.25) is 0 Å². The fraction of sp³-hybridized carbons (Fsp3) is 0.333. The molecule has 4 rings (SSSR count). The highest BCUT2D eigenvalue weighted by molar-refractivity contribution is 6.46. The van der Waals surface area contributed by atoms with Crippen molar-refractivity contribution in [3.8, 4) is 11.5 Å². The lowest BCUT2D eigenvalue weighted by molar-refractivity contribution is -0.857. The molecule has 0 spiro atoms. The number of hydrogen-bond donors (Lipinski definition) is 2. The number of aliphatic hydroxyl groups is 1. The number of quaternary nitrogens is 1. The van der Waals surface area contributed by atoms with Gasteiger partial charge in [0.15, 0.2) is 11.5 Å². The molecule has 7 nitrogen and oxygen atoms in total. The van der Waals surface area contributed by atoms with Crippen LogP contribution in [0.3, 0.4) is 0 Å². The summed E-state index contributed by atoms with van der Waals surface area (Å²) in [6, 6.07) is 12.1. The van der Waals surface area contributed by atoms with Gasteiger partial charge in [0.2, 0.25) is 0 Å². The van der Waals surface area contributed by atoms with Crippen molar-refractivity contribution in [1.82, 2.24) is 4.90 Å². The Morgan fingerprint density at radius 3 is 2.42 bits per heavy atom. The van der Waals surface area contributed by atoms with E-state index in [4.69, 9.17) is 9.47 Å². The highest BCUT2D eigenvalue weighted by Crippen LogP contribution is 2.40. The molecule has 1 saturated heterocycles. The molecule has 2 aliphatic rings. The monoisotopic (exact) mass is 423 g/mol. The van der Waals surface area contributed by atoms with E-state index in [0.29, 0.717) is 43.4 Å². The fourth-order valence-corrected chi connectivity index (χ4v) is 3.90. The van der Waals surface area contributed by atoms with E-state index in [-0.39, 0.29) is 11.3 Å². The third-order valence-electron chi connectivity index (χ3n) is 5.60. The number of Topliss-reactive ketones (excluding diaryl/α,β-unsaturated/α-hetero) is 1. The number of aryl methyl sites for hydroxylation is 1. The van der Waals surface area contributed by atoms with Crippen molar-refractivity contribution in [3.05, 3.63) is 64.7 Å². The highest BCUT2D eigenvalue weighted by Gasteiger charge is 2.46. The van der Waals surface area contributed by atoms with Gasteiger partial charge in [-0.05, 0) is 30.7 Å². The molecule has 7 heteroatoms. The summed E-state index contributed by atoms with van der Waals surface area (Å²) in [4.78, 5) is 28.7. The first-order chi connectivity index (χ1) is 14.9. The zero-order valence-electron chi connectivity index (χ0n) is 18.0. The van der Waals surface area contributed by atoms with Gasteiger partial charge in [-0.1, -0.05) is 29.8 Å². The van der Waals surface area contributed by atoms with E-state index >= 15 is 0 Å². The normalized spacial score (nSPS) is 19.9. The molecule has 0 unspecified atom stereocenters. The molecule has 0 bridgehead atoms. The van der Waals surface area contributed by atoms with Crippen LogP contribution < -0.4 is 14.4 Å². The first-order valence-electron chi connectivity index (χ1n) is 10.4. The second kappa shape index (κ2) is 8.43. The van der Waals surface area contributed by atoms with Crippen LogP contribution in [0, 0.1) is 6.92 Å². The average Bonchev–Trinajstić information content (AvgIpc) is 3.02. The van der Waals surface area contributed by atoms with E-state index in [1.54, 1.807) is 23.1 Å². The van der Waals surface area contributed by atoms with E-state index in [1.165, 1.54) is 0 Å². The molecule has 31 heavy (non-hydrogen) atoms. The van der Waals surface area contributed by atoms with E-state index in [9.17, 15) is 14.7 Å². The minimum atomic E-state index is -0.674. The standard InChI is InChI=1S/C24H26N2O5/c1-15-4-6-16(7-5-15)21-20(23(28)24(29)26(21)11-10-25(2)3)22(27)17-8-9-18-19(14-17)31-13-12-30-18/h4-9,14,21,27H,10-13H2,1-3H3/p+1/t21-/m1/s1. The molecular formula is C24H27N2O5+. The van der Waals surface area contributed by atoms with Gasteiger partial charge >= 0.3 is 0 Å². The Labute approximate surface area is 181 Å². The molecular weight excluding hydrogens is 396 g/mol. The molecule has 162 valence electrons. The van der Waals surface area contributed by atoms with Crippen molar-refractivity contribution >= 4 is 17.4 Å². The highest BCUT2D eigenvalue weighted by atomic mass is 16.6. The molecule has 2 aromatic carbocycles. The van der Waals surface area contributed by atoms with Gasteiger partial charge in [-0.2, -0.15) is 0 Å². The van der Waals surface area contributed by atoms with Crippen molar-refractivity contribution in [3.63, 3.8) is 0 Å². The summed E-state index contributed by atoms with van der Waals surface area (Å²) in [5.41, 5.74) is 2.37. The number of nitrogens with one attached hydrogen (secondary N) is 1. The number of carbonyl (C=O) groups excluding carboxylic acids is 2. The van der Waals surface area contributed by atoms with E-state index in [1.807, 2.05) is 45.3 Å². The third kappa shape index (κ3) is 4.01. The van der Waals surface area contributed by atoms with Gasteiger partial charge in [-0.3, -0.25) is 9.59 Å². The summed E-state index contributed by atoms with van der Waals surface area (Å²) in [5.74, 6) is -0.377. The zero-order chi connectivity index (χ0) is 22.1. The Kier molecular flexibility index (Phi) is 5.69. The lowest BCUT2D eigenvalue weighted by atomic mass is 9.94. The van der Waals surface area contributed by atoms with Gasteiger partial charge in [0.05, 0.1) is 38.8 Å². The molecule has 1 fully saturated rings. The van der Waals surface area contributed by atoms with Crippen LogP contribution in [-0.2, 0) is 9.59 Å². The van der Waals surface area contributed by atoms with Crippen molar-refractivity contribution in [1.29, 1.82) is 0 Å². The molecule has 2 N–H and O–H groups in total. The number of aliphatic hydroxyl groups excluding tert-OH is 1. The second-order valence-electron chi connectivity index (χ2n) is 8.22. The number of hydrogen-bond acceptors (Lipinski definition) is 5. The number of carbonyl (C=O) groups is 2. The minimum absolute atomic E-state index is 0.0966. The van der Waals surface area contributed by atoms with Crippen LogP contribution in [0.25, 0.3) is 5.76 Å². The van der Waals surface area contributed by atoms with E-state index in [0.717, 1.165) is 16.0 Å². The zero-order valence-corrected chi connectivity index (χ0v) is 18.0. The fourth-order valence-electron chi connectivity index (χ4n) is 3.90. The van der Waals surface area contributed by atoms with Gasteiger partial charge in [0.1, 0.15) is 19.0 Å². The predicted octanol–water partition coefficient (Wildman–Crippen LogP) is 1.33. The Morgan fingerprint density at radius 2 is 1.74 bits per heavy atom. The number of likely N-dealkylation sites (N-methyl/N-ethyl adjacent to an activating group) is 1. The van der Waals surface area contributed by atoms with Crippen molar-refractivity contribution in [2.24, 2.45) is 0 Å². The number of benzene rings is 2. The van der Waals surface area contributed by atoms with Crippen LogP contribution in [-0.4, -0.2) is 62.1 Å². The third-order valence-corrected chi connectivity index (χ3v) is 5.60. The maximum atomic E-state index is 13.0. The Morgan fingerprint density at radius 1 is 1.06 bits per heavy atom. The van der Waals surface area contributed by atoms with Gasteiger partial charge in [-0.25, -0.2) is 0 Å². The summed E-state index contributed by atoms with van der Waals surface area (Å²) in [5, 5.41) is 11.2. The summed E-state index contributed by atoms with van der Waals surface area (Å²) in [6.07, 6.45) is 0. The molecule has 2 heterocycles. The Balaban J connectivity index is 1.81. The number of ketones is 1. The molecule has 0 saturated carbocycles. The van der Waals surface area contributed by atoms with Crippen molar-refractivity contribution in [2.75, 3.05) is 40.4 Å². The number of ether oxygens (including phenoxy) is 2. The minimum Gasteiger partial charge on any atom is -0.507 e. The quantitative estimate of drug-likeness (QED) is 0.431. The lowest BCUT2D eigenvalue weighted by Crippen LogP contribution is -3.06. The van der Waals surface area contributed by atoms with Gasteiger partial charge in [0.25, 0.3) is 11.7 Å². The molecule has 0 aromatic heterocycles.